The summed E-state index contributed by atoms with van der Waals surface area (Å²) in [4.78, 5) is 4.23. The van der Waals surface area contributed by atoms with Crippen LogP contribution in [0.4, 0.5) is 0 Å². The molecular weight excluding hydrogens is 288 g/mol. The van der Waals surface area contributed by atoms with Crippen molar-refractivity contribution in [3.05, 3.63) is 53.7 Å². The van der Waals surface area contributed by atoms with Crippen LogP contribution in [0.1, 0.15) is 42.9 Å². The number of benzene rings is 1. The molecule has 1 aliphatic carbocycles. The van der Waals surface area contributed by atoms with Gasteiger partial charge in [0.1, 0.15) is 6.61 Å². The highest BCUT2D eigenvalue weighted by Crippen LogP contribution is 2.33. The monoisotopic (exact) mass is 310 g/mol. The second-order valence-electron chi connectivity index (χ2n) is 6.33. The zero-order valence-corrected chi connectivity index (χ0v) is 13.2. The summed E-state index contributed by atoms with van der Waals surface area (Å²) in [7, 11) is 0. The fraction of sp³-hybridized carbons (Fsp3) is 0.421. The van der Waals surface area contributed by atoms with Crippen LogP contribution in [0.5, 0.6) is 11.6 Å². The van der Waals surface area contributed by atoms with Gasteiger partial charge in [-0.3, -0.25) is 0 Å². The molecule has 1 N–H and O–H groups in total. The number of aromatic nitrogens is 1. The Balaban J connectivity index is 1.38. The van der Waals surface area contributed by atoms with Crippen molar-refractivity contribution in [2.45, 2.75) is 44.4 Å². The van der Waals surface area contributed by atoms with Gasteiger partial charge in [0, 0.05) is 18.8 Å². The number of pyridine rings is 1. The van der Waals surface area contributed by atoms with Crippen LogP contribution < -0.4 is 14.8 Å². The lowest BCUT2D eigenvalue weighted by molar-refractivity contribution is 0.0851. The van der Waals surface area contributed by atoms with Crippen LogP contribution in [-0.2, 0) is 6.54 Å². The molecule has 0 saturated heterocycles. The van der Waals surface area contributed by atoms with Crippen LogP contribution in [-0.4, -0.2) is 17.6 Å². The van der Waals surface area contributed by atoms with E-state index < -0.39 is 0 Å². The lowest BCUT2D eigenvalue weighted by Gasteiger charge is -2.25. The fourth-order valence-corrected chi connectivity index (χ4v) is 3.32. The normalized spacial score (nSPS) is 20.6. The molecule has 0 radical (unpaired) electrons. The summed E-state index contributed by atoms with van der Waals surface area (Å²) in [5.41, 5.74) is 2.45. The van der Waals surface area contributed by atoms with Crippen LogP contribution in [0.15, 0.2) is 42.6 Å². The molecule has 1 unspecified atom stereocenters. The third kappa shape index (κ3) is 3.32. The van der Waals surface area contributed by atoms with Crippen LogP contribution in [0, 0.1) is 0 Å². The van der Waals surface area contributed by atoms with E-state index in [1.165, 1.54) is 31.2 Å². The molecule has 2 heterocycles. The maximum Gasteiger partial charge on any atom is 0.257 e. The van der Waals surface area contributed by atoms with Crippen LogP contribution in [0.2, 0.25) is 0 Å². The first-order chi connectivity index (χ1) is 11.4. The molecule has 0 amide bonds. The van der Waals surface area contributed by atoms with E-state index in [0.717, 1.165) is 17.9 Å². The highest BCUT2D eigenvalue weighted by molar-refractivity contribution is 5.35. The Labute approximate surface area is 136 Å². The number of hydrogen-bond acceptors (Lipinski definition) is 4. The third-order valence-electron chi connectivity index (χ3n) is 4.68. The molecule has 1 atom stereocenters. The third-order valence-corrected chi connectivity index (χ3v) is 4.68. The Kier molecular flexibility index (Phi) is 4.16. The molecular formula is C19H22N2O2. The Hall–Kier alpha value is -2.07. The van der Waals surface area contributed by atoms with Crippen molar-refractivity contribution < 1.29 is 9.47 Å². The first-order valence-electron chi connectivity index (χ1n) is 8.45. The average molecular weight is 310 g/mol. The lowest BCUT2D eigenvalue weighted by Crippen LogP contribution is -2.25. The number of rotatable bonds is 4. The highest BCUT2D eigenvalue weighted by Gasteiger charge is 2.23. The number of ether oxygens (including phenoxy) is 2. The molecule has 0 spiro atoms. The van der Waals surface area contributed by atoms with Gasteiger partial charge in [0.05, 0.1) is 0 Å². The van der Waals surface area contributed by atoms with Crippen molar-refractivity contribution in [1.82, 2.24) is 10.3 Å². The van der Waals surface area contributed by atoms with Gasteiger partial charge in [0.2, 0.25) is 0 Å². The molecule has 2 aromatic rings. The summed E-state index contributed by atoms with van der Waals surface area (Å²) in [6.07, 6.45) is 7.00. The number of nitrogens with one attached hydrogen (secondary N) is 1. The maximum absolute atomic E-state index is 5.95. The van der Waals surface area contributed by atoms with Gasteiger partial charge in [-0.15, -0.1) is 0 Å². The quantitative estimate of drug-likeness (QED) is 0.936. The van der Waals surface area contributed by atoms with Gasteiger partial charge in [0.15, 0.2) is 11.9 Å². The number of nitrogens with zero attached hydrogens (tertiary/aromatic N) is 1. The maximum atomic E-state index is 5.95. The molecule has 1 aliphatic heterocycles. The average Bonchev–Trinajstić information content (AvgIpc) is 3.14. The minimum atomic E-state index is -0.0887. The van der Waals surface area contributed by atoms with Gasteiger partial charge in [-0.25, -0.2) is 4.98 Å². The van der Waals surface area contributed by atoms with Crippen molar-refractivity contribution in [1.29, 1.82) is 0 Å². The summed E-state index contributed by atoms with van der Waals surface area (Å²) in [5, 5.41) is 3.64. The zero-order chi connectivity index (χ0) is 15.5. The van der Waals surface area contributed by atoms with Crippen LogP contribution in [0.25, 0.3) is 0 Å². The molecule has 0 bridgehead atoms. The van der Waals surface area contributed by atoms with E-state index >= 15 is 0 Å². The van der Waals surface area contributed by atoms with Crippen molar-refractivity contribution in [3.63, 3.8) is 0 Å². The lowest BCUT2D eigenvalue weighted by atomic mass is 10.1. The van der Waals surface area contributed by atoms with E-state index in [1.54, 1.807) is 6.20 Å². The molecule has 4 heteroatoms. The topological polar surface area (TPSA) is 43.4 Å². The van der Waals surface area contributed by atoms with Gasteiger partial charge >= 0.3 is 0 Å². The summed E-state index contributed by atoms with van der Waals surface area (Å²) in [6.45, 7) is 1.47. The Morgan fingerprint density at radius 2 is 1.91 bits per heavy atom. The summed E-state index contributed by atoms with van der Waals surface area (Å²) >= 11 is 0. The van der Waals surface area contributed by atoms with Crippen LogP contribution in [0.3, 0.4) is 0 Å². The van der Waals surface area contributed by atoms with Gasteiger partial charge in [-0.2, -0.15) is 0 Å². The minimum Gasteiger partial charge on any atom is -0.484 e. The predicted molar refractivity (Wildman–Crippen MR) is 88.6 cm³/mol. The van der Waals surface area contributed by atoms with Crippen molar-refractivity contribution in [2.24, 2.45) is 0 Å². The fourth-order valence-electron chi connectivity index (χ4n) is 3.32. The van der Waals surface area contributed by atoms with Gasteiger partial charge < -0.3 is 14.8 Å². The SMILES string of the molecule is c1cnc2c(c1)OCC(c1ccc(CNC3CCCC3)cc1)O2. The molecule has 1 aromatic carbocycles. The molecule has 1 saturated carbocycles. The zero-order valence-electron chi connectivity index (χ0n) is 13.2. The van der Waals surface area contributed by atoms with Gasteiger partial charge in [-0.05, 0) is 36.1 Å². The largest absolute Gasteiger partial charge is 0.484 e. The van der Waals surface area contributed by atoms with Crippen LogP contribution >= 0.6 is 0 Å². The van der Waals surface area contributed by atoms with E-state index in [4.69, 9.17) is 9.47 Å². The standard InChI is InChI=1S/C19H22N2O2/c1-2-5-16(4-1)21-12-14-7-9-15(10-8-14)18-13-22-17-6-3-11-20-19(17)23-18/h3,6-11,16,18,21H,1-2,4-5,12-13H2. The van der Waals surface area contributed by atoms with Gasteiger partial charge in [0.25, 0.3) is 5.88 Å². The van der Waals surface area contributed by atoms with Gasteiger partial charge in [-0.1, -0.05) is 37.1 Å². The minimum absolute atomic E-state index is 0.0887. The van der Waals surface area contributed by atoms with E-state index in [0.29, 0.717) is 18.5 Å². The highest BCUT2D eigenvalue weighted by atomic mass is 16.6. The van der Waals surface area contributed by atoms with E-state index in [9.17, 15) is 0 Å². The molecule has 4 rings (SSSR count). The second-order valence-corrected chi connectivity index (χ2v) is 6.33. The van der Waals surface area contributed by atoms with E-state index in [1.807, 2.05) is 12.1 Å². The van der Waals surface area contributed by atoms with Crippen molar-refractivity contribution in [3.8, 4) is 11.6 Å². The molecule has 23 heavy (non-hydrogen) atoms. The predicted octanol–water partition coefficient (Wildman–Crippen LogP) is 3.63. The summed E-state index contributed by atoms with van der Waals surface area (Å²) in [5.74, 6) is 1.30. The van der Waals surface area contributed by atoms with E-state index in [-0.39, 0.29) is 6.10 Å². The Bertz CT molecular complexity index is 651. The Morgan fingerprint density at radius 1 is 1.09 bits per heavy atom. The molecule has 120 valence electrons. The first-order valence-corrected chi connectivity index (χ1v) is 8.45. The van der Waals surface area contributed by atoms with Crippen molar-refractivity contribution >= 4 is 0 Å². The smallest absolute Gasteiger partial charge is 0.257 e. The molecule has 1 aromatic heterocycles. The second kappa shape index (κ2) is 6.59. The number of hydrogen-bond donors (Lipinski definition) is 1. The van der Waals surface area contributed by atoms with Crippen molar-refractivity contribution in [2.75, 3.05) is 6.61 Å². The van der Waals surface area contributed by atoms with E-state index in [2.05, 4.69) is 34.6 Å². The summed E-state index contributed by atoms with van der Waals surface area (Å²) < 4.78 is 11.7. The molecule has 2 aliphatic rings. The first kappa shape index (κ1) is 14.5. The molecule has 1 fully saturated rings. The Morgan fingerprint density at radius 3 is 2.74 bits per heavy atom. The molecule has 4 nitrogen and oxygen atoms in total. The summed E-state index contributed by atoms with van der Waals surface area (Å²) in [6, 6.07) is 13.1. The number of fused-ring (bicyclic) bond motifs is 1.